The maximum atomic E-state index is 12.9. The molecule has 0 heterocycles. The lowest BCUT2D eigenvalue weighted by molar-refractivity contribution is 0.0980. The van der Waals surface area contributed by atoms with E-state index in [0.717, 1.165) is 0 Å². The van der Waals surface area contributed by atoms with Crippen molar-refractivity contribution in [2.75, 3.05) is 6.26 Å². The van der Waals surface area contributed by atoms with Crippen LogP contribution in [0.15, 0.2) is 23.1 Å². The zero-order valence-electron chi connectivity index (χ0n) is 8.84. The van der Waals surface area contributed by atoms with Gasteiger partial charge >= 0.3 is 0 Å². The van der Waals surface area contributed by atoms with Gasteiger partial charge in [-0.15, -0.1) is 11.8 Å². The first-order chi connectivity index (χ1) is 7.49. The summed E-state index contributed by atoms with van der Waals surface area (Å²) in [6.07, 6.45) is -0.915. The highest BCUT2D eigenvalue weighted by Crippen LogP contribution is 2.33. The average Bonchev–Trinajstić information content (AvgIpc) is 2.26. The van der Waals surface area contributed by atoms with Gasteiger partial charge in [-0.3, -0.25) is 4.79 Å². The van der Waals surface area contributed by atoms with Gasteiger partial charge in [0.1, 0.15) is 0 Å². The van der Waals surface area contributed by atoms with Crippen LogP contribution >= 0.6 is 27.7 Å². The molecule has 0 spiro atoms. The lowest BCUT2D eigenvalue weighted by atomic mass is 10.0. The van der Waals surface area contributed by atoms with Gasteiger partial charge in [-0.25, -0.2) is 8.78 Å². The molecule has 1 nitrogen and oxygen atoms in total. The first kappa shape index (κ1) is 13.6. The average molecular weight is 309 g/mol. The number of carbonyl (C=O) groups excluding carboxylic acids is 1. The molecule has 0 bridgehead atoms. The molecule has 5 heteroatoms. The normalized spacial score (nSPS) is 12.9. The van der Waals surface area contributed by atoms with Gasteiger partial charge in [0.25, 0.3) is 6.43 Å². The lowest BCUT2D eigenvalue weighted by Crippen LogP contribution is -2.13. The molecule has 0 amide bonds. The Labute approximate surface area is 106 Å². The molecule has 1 aromatic carbocycles. The molecule has 0 aliphatic rings. The number of halogens is 3. The van der Waals surface area contributed by atoms with Crippen molar-refractivity contribution < 1.29 is 13.6 Å². The molecule has 1 unspecified atom stereocenters. The Morgan fingerprint density at radius 1 is 1.44 bits per heavy atom. The number of alkyl halides is 3. The Balaban J connectivity index is 3.33. The summed E-state index contributed by atoms with van der Waals surface area (Å²) in [7, 11) is 0. The molecular weight excluding hydrogens is 298 g/mol. The molecule has 0 saturated heterocycles. The van der Waals surface area contributed by atoms with Crippen LogP contribution in [0.4, 0.5) is 8.78 Å². The number of carbonyl (C=O) groups is 1. The highest BCUT2D eigenvalue weighted by molar-refractivity contribution is 9.10. The van der Waals surface area contributed by atoms with Gasteiger partial charge in [0, 0.05) is 16.0 Å². The molecule has 16 heavy (non-hydrogen) atoms. The van der Waals surface area contributed by atoms with Crippen LogP contribution < -0.4 is 0 Å². The van der Waals surface area contributed by atoms with Crippen molar-refractivity contribution in [3.63, 3.8) is 0 Å². The highest BCUT2D eigenvalue weighted by Gasteiger charge is 2.23. The molecule has 0 aromatic heterocycles. The summed E-state index contributed by atoms with van der Waals surface area (Å²) in [5.41, 5.74) is -0.0578. The fraction of sp³-hybridized carbons (Fsp3) is 0.364. The van der Waals surface area contributed by atoms with E-state index in [9.17, 15) is 13.6 Å². The van der Waals surface area contributed by atoms with E-state index in [1.807, 2.05) is 0 Å². The van der Waals surface area contributed by atoms with Crippen molar-refractivity contribution in [3.05, 3.63) is 29.3 Å². The Morgan fingerprint density at radius 2 is 2.06 bits per heavy atom. The summed E-state index contributed by atoms with van der Waals surface area (Å²) in [4.78, 5) is 11.7. The Kier molecular flexibility index (Phi) is 4.92. The third-order valence-electron chi connectivity index (χ3n) is 2.13. The summed E-state index contributed by atoms with van der Waals surface area (Å²) in [5, 5.41) is 0. The molecule has 1 atom stereocenters. The maximum absolute atomic E-state index is 12.9. The van der Waals surface area contributed by atoms with E-state index in [4.69, 9.17) is 0 Å². The fourth-order valence-electron chi connectivity index (χ4n) is 1.38. The fourth-order valence-corrected chi connectivity index (χ4v) is 2.26. The number of ketones is 1. The van der Waals surface area contributed by atoms with Crippen LogP contribution in [-0.4, -0.2) is 16.9 Å². The number of benzene rings is 1. The predicted molar refractivity (Wildman–Crippen MR) is 65.9 cm³/mol. The minimum Gasteiger partial charge on any atom is -0.293 e. The minimum atomic E-state index is -2.63. The van der Waals surface area contributed by atoms with Crippen LogP contribution in [0.3, 0.4) is 0 Å². The van der Waals surface area contributed by atoms with Crippen LogP contribution in [0, 0.1) is 0 Å². The van der Waals surface area contributed by atoms with Crippen molar-refractivity contribution in [2.45, 2.75) is 23.1 Å². The van der Waals surface area contributed by atoms with Gasteiger partial charge in [-0.2, -0.15) is 0 Å². The summed E-state index contributed by atoms with van der Waals surface area (Å²) >= 11 is 4.32. The zero-order valence-corrected chi connectivity index (χ0v) is 11.2. The smallest absolute Gasteiger partial charge is 0.265 e. The van der Waals surface area contributed by atoms with Crippen molar-refractivity contribution in [1.29, 1.82) is 0 Å². The molecule has 0 aliphatic heterocycles. The molecule has 1 rings (SSSR count). The van der Waals surface area contributed by atoms with Crippen LogP contribution in [0.2, 0.25) is 0 Å². The van der Waals surface area contributed by atoms with Gasteiger partial charge in [0.05, 0.1) is 4.83 Å². The predicted octanol–water partition coefficient (Wildman–Crippen LogP) is 4.31. The molecular formula is C11H11BrF2OS. The number of hydrogen-bond donors (Lipinski definition) is 0. The molecule has 0 saturated carbocycles. The number of thioether (sulfide) groups is 1. The third kappa shape index (κ3) is 2.83. The van der Waals surface area contributed by atoms with E-state index in [0.29, 0.717) is 4.90 Å². The van der Waals surface area contributed by atoms with Gasteiger partial charge in [-0.1, -0.05) is 28.1 Å². The number of hydrogen-bond acceptors (Lipinski definition) is 2. The largest absolute Gasteiger partial charge is 0.293 e. The van der Waals surface area contributed by atoms with Crippen LogP contribution in [0.5, 0.6) is 0 Å². The van der Waals surface area contributed by atoms with Gasteiger partial charge in [0.15, 0.2) is 5.78 Å². The molecule has 0 aliphatic carbocycles. The van der Waals surface area contributed by atoms with E-state index >= 15 is 0 Å². The van der Waals surface area contributed by atoms with Crippen LogP contribution in [0.25, 0.3) is 0 Å². The zero-order chi connectivity index (χ0) is 12.3. The van der Waals surface area contributed by atoms with E-state index in [-0.39, 0.29) is 16.9 Å². The van der Waals surface area contributed by atoms with Crippen LogP contribution in [-0.2, 0) is 0 Å². The number of rotatable bonds is 4. The van der Waals surface area contributed by atoms with Crippen molar-refractivity contribution >= 4 is 33.5 Å². The Morgan fingerprint density at radius 3 is 2.50 bits per heavy atom. The molecule has 0 N–H and O–H groups in total. The second-order valence-electron chi connectivity index (χ2n) is 3.20. The van der Waals surface area contributed by atoms with Crippen molar-refractivity contribution in [1.82, 2.24) is 0 Å². The minimum absolute atomic E-state index is 0.103. The number of Topliss-reactive ketones (excluding diaryl/α,β-unsaturated/α-hetero) is 1. The first-order valence-electron chi connectivity index (χ1n) is 4.62. The van der Waals surface area contributed by atoms with E-state index in [2.05, 4.69) is 15.9 Å². The second-order valence-corrected chi connectivity index (χ2v) is 5.42. The quantitative estimate of drug-likeness (QED) is 0.468. The Hall–Kier alpha value is -0.420. The SMILES string of the molecule is CSc1cccc(C(=O)C(C)Br)c1C(F)F. The second kappa shape index (κ2) is 5.77. The molecule has 1 aromatic rings. The van der Waals surface area contributed by atoms with E-state index < -0.39 is 11.3 Å². The third-order valence-corrected chi connectivity index (χ3v) is 3.34. The standard InChI is InChI=1S/C11H11BrF2OS/c1-6(12)10(15)7-4-3-5-8(16-2)9(7)11(13)14/h3-6,11H,1-2H3. The lowest BCUT2D eigenvalue weighted by Gasteiger charge is -2.12. The summed E-state index contributed by atoms with van der Waals surface area (Å²) in [6, 6.07) is 4.67. The highest BCUT2D eigenvalue weighted by atomic mass is 79.9. The van der Waals surface area contributed by atoms with Gasteiger partial charge < -0.3 is 0 Å². The Bertz CT molecular complexity index is 394. The summed E-state index contributed by atoms with van der Waals surface area (Å²) < 4.78 is 25.8. The van der Waals surface area contributed by atoms with Gasteiger partial charge in [-0.05, 0) is 19.2 Å². The van der Waals surface area contributed by atoms with Gasteiger partial charge in [0.2, 0.25) is 0 Å². The first-order valence-corrected chi connectivity index (χ1v) is 6.76. The summed E-state index contributed by atoms with van der Waals surface area (Å²) in [5.74, 6) is -0.314. The molecule has 88 valence electrons. The topological polar surface area (TPSA) is 17.1 Å². The maximum Gasteiger partial charge on any atom is 0.265 e. The molecule has 0 radical (unpaired) electrons. The van der Waals surface area contributed by atoms with Crippen molar-refractivity contribution in [2.24, 2.45) is 0 Å². The van der Waals surface area contributed by atoms with Crippen molar-refractivity contribution in [3.8, 4) is 0 Å². The van der Waals surface area contributed by atoms with E-state index in [1.165, 1.54) is 17.8 Å². The van der Waals surface area contributed by atoms with Crippen LogP contribution in [0.1, 0.15) is 29.3 Å². The summed E-state index contributed by atoms with van der Waals surface area (Å²) in [6.45, 7) is 1.63. The molecule has 0 fully saturated rings. The van der Waals surface area contributed by atoms with E-state index in [1.54, 1.807) is 25.3 Å². The monoisotopic (exact) mass is 308 g/mol.